The lowest BCUT2D eigenvalue weighted by Gasteiger charge is -2.59. The van der Waals surface area contributed by atoms with Gasteiger partial charge in [0.05, 0.1) is 19.1 Å². The molecule has 1 saturated heterocycles. The van der Waals surface area contributed by atoms with Crippen molar-refractivity contribution in [3.63, 3.8) is 0 Å². The van der Waals surface area contributed by atoms with Gasteiger partial charge < -0.3 is 90.5 Å². The van der Waals surface area contributed by atoms with Gasteiger partial charge in [-0.25, -0.2) is 4.79 Å². The molecular formula is C89H144N12O22. The summed E-state index contributed by atoms with van der Waals surface area (Å²) in [6, 6.07) is -15.6. The summed E-state index contributed by atoms with van der Waals surface area (Å²) in [5, 5.41) is 35.1. The number of allylic oxidation sites excluding steroid dienone is 6. The van der Waals surface area contributed by atoms with Crippen LogP contribution in [0.3, 0.4) is 0 Å². The van der Waals surface area contributed by atoms with Crippen LogP contribution in [0.2, 0.25) is 0 Å². The summed E-state index contributed by atoms with van der Waals surface area (Å²) in [7, 11) is 9.40. The van der Waals surface area contributed by atoms with Gasteiger partial charge in [-0.1, -0.05) is 135 Å². The molecule has 0 aromatic carbocycles. The van der Waals surface area contributed by atoms with E-state index in [4.69, 9.17) is 24.7 Å². The van der Waals surface area contributed by atoms with E-state index in [9.17, 15) is 67.7 Å². The van der Waals surface area contributed by atoms with Gasteiger partial charge in [-0.2, -0.15) is 0 Å². The van der Waals surface area contributed by atoms with Crippen LogP contribution >= 0.6 is 0 Å². The van der Waals surface area contributed by atoms with Gasteiger partial charge in [0.1, 0.15) is 78.2 Å². The number of Topliss-reactive ketones (excluding diaryl/α,β-unsaturated/α-hetero) is 1. The number of carbonyl (C=O) groups is 16. The van der Waals surface area contributed by atoms with E-state index in [2.05, 4.69) is 21.3 Å². The third kappa shape index (κ3) is 25.1. The van der Waals surface area contributed by atoms with Crippen LogP contribution in [-0.2, 0) is 90.9 Å². The van der Waals surface area contributed by atoms with Crippen LogP contribution < -0.4 is 27.0 Å². The maximum absolute atomic E-state index is 15.9. The van der Waals surface area contributed by atoms with Crippen LogP contribution in [0, 0.1) is 70.0 Å². The second-order valence-electron chi connectivity index (χ2n) is 37.7. The summed E-state index contributed by atoms with van der Waals surface area (Å²) in [6.07, 6.45) is 5.10. The second-order valence-corrected chi connectivity index (χ2v) is 37.7. The Morgan fingerprint density at radius 1 is 0.602 bits per heavy atom. The van der Waals surface area contributed by atoms with Gasteiger partial charge in [-0.3, -0.25) is 71.9 Å². The maximum atomic E-state index is 15.9. The fourth-order valence-electron chi connectivity index (χ4n) is 18.6. The van der Waals surface area contributed by atoms with Gasteiger partial charge >= 0.3 is 18.1 Å². The first kappa shape index (κ1) is 104. The Morgan fingerprint density at radius 3 is 1.67 bits per heavy atom. The van der Waals surface area contributed by atoms with E-state index in [1.54, 1.807) is 73.6 Å². The molecule has 1 heterocycles. The van der Waals surface area contributed by atoms with Gasteiger partial charge in [0.25, 0.3) is 0 Å². The number of ether oxygens (including phenoxy) is 4. The number of nitrogens with two attached hydrogens (primary N) is 1. The number of hydrogen-bond donors (Lipinski definition) is 7. The summed E-state index contributed by atoms with van der Waals surface area (Å²) in [4.78, 5) is 240. The average molecular weight is 1730 g/mol. The number of nitrogens with one attached hydrogen (secondary N) is 4. The molecule has 11 amide bonds. The number of ketones is 2. The lowest BCUT2D eigenvalue weighted by atomic mass is 9.46. The highest BCUT2D eigenvalue weighted by Crippen LogP contribution is 2.67. The maximum Gasteiger partial charge on any atom is 0.511 e. The van der Waals surface area contributed by atoms with Crippen molar-refractivity contribution >= 4 is 94.6 Å². The van der Waals surface area contributed by atoms with Crippen LogP contribution in [0.4, 0.5) is 4.79 Å². The van der Waals surface area contributed by atoms with Crippen molar-refractivity contribution in [2.45, 2.75) is 293 Å². The van der Waals surface area contributed by atoms with E-state index in [0.29, 0.717) is 19.3 Å². The Bertz CT molecular complexity index is 3940. The predicted octanol–water partition coefficient (Wildman–Crippen LogP) is 4.77. The zero-order chi connectivity index (χ0) is 93.4. The topological polar surface area (TPSA) is 447 Å². The Balaban J connectivity index is 1.53. The van der Waals surface area contributed by atoms with Crippen LogP contribution in [0.15, 0.2) is 36.0 Å². The number of esters is 2. The van der Waals surface area contributed by atoms with E-state index in [-0.39, 0.29) is 98.6 Å². The minimum Gasteiger partial charge on any atom is -0.457 e. The molecule has 0 aromatic rings. The summed E-state index contributed by atoms with van der Waals surface area (Å²) in [6.45, 7) is 29.8. The molecule has 0 radical (unpaired) electrons. The van der Waals surface area contributed by atoms with Crippen molar-refractivity contribution in [3.05, 3.63) is 36.0 Å². The monoisotopic (exact) mass is 1730 g/mol. The number of hydrogen-bond acceptors (Lipinski definition) is 23. The Hall–Kier alpha value is -9.18. The third-order valence-electron chi connectivity index (χ3n) is 25.8. The molecule has 0 aromatic heterocycles. The van der Waals surface area contributed by atoms with Crippen molar-refractivity contribution in [3.8, 4) is 0 Å². The molecule has 5 rings (SSSR count). The fraction of sp³-hybridized carbons (Fsp3) is 0.753. The van der Waals surface area contributed by atoms with Crippen molar-refractivity contribution in [2.75, 3.05) is 69.3 Å². The Morgan fingerprint density at radius 2 is 1.12 bits per heavy atom. The highest BCUT2D eigenvalue weighted by molar-refractivity contribution is 6.02. The smallest absolute Gasteiger partial charge is 0.457 e. The summed E-state index contributed by atoms with van der Waals surface area (Å²) < 4.78 is 21.8. The van der Waals surface area contributed by atoms with E-state index < -0.39 is 228 Å². The Kier molecular flexibility index (Phi) is 37.9. The molecule has 8 N–H and O–H groups in total. The number of aliphatic hydroxyl groups is 2. The highest BCUT2D eigenvalue weighted by Gasteiger charge is 2.68. The third-order valence-corrected chi connectivity index (χ3v) is 25.8. The van der Waals surface area contributed by atoms with Crippen molar-refractivity contribution in [1.82, 2.24) is 55.6 Å². The molecule has 5 aliphatic rings. The quantitative estimate of drug-likeness (QED) is 0.0296. The molecule has 34 heteroatoms. The lowest BCUT2D eigenvalue weighted by Crippen LogP contribution is -2.64. The number of rotatable bonds is 24. The predicted molar refractivity (Wildman–Crippen MR) is 456 cm³/mol. The highest BCUT2D eigenvalue weighted by atomic mass is 16.8. The largest absolute Gasteiger partial charge is 0.511 e. The average Bonchev–Trinajstić information content (AvgIpc) is 1.59. The fourth-order valence-corrected chi connectivity index (χ4v) is 18.6. The molecule has 692 valence electrons. The molecule has 0 bridgehead atoms. The molecule has 3 saturated carbocycles. The minimum absolute atomic E-state index is 0.0199. The number of carbonyl (C=O) groups excluding carboxylic acids is 16. The molecule has 20 atom stereocenters. The van der Waals surface area contributed by atoms with Gasteiger partial charge in [0, 0.05) is 66.1 Å². The molecule has 1 aliphatic heterocycles. The van der Waals surface area contributed by atoms with Gasteiger partial charge in [-0.05, 0) is 157 Å². The molecule has 4 aliphatic carbocycles. The zero-order valence-electron chi connectivity index (χ0n) is 77.5. The molecule has 34 nitrogen and oxygen atoms in total. The normalized spacial score (nSPS) is 30.5. The molecule has 0 spiro atoms. The van der Waals surface area contributed by atoms with Crippen molar-refractivity contribution < 1.29 is 106 Å². The van der Waals surface area contributed by atoms with Crippen LogP contribution in [0.5, 0.6) is 0 Å². The lowest BCUT2D eigenvalue weighted by molar-refractivity contribution is -0.181. The summed E-state index contributed by atoms with van der Waals surface area (Å²) in [5.41, 5.74) is 3.34. The molecule has 4 fully saturated rings. The molecule has 13 unspecified atom stereocenters. The minimum atomic E-state index is -2.01. The van der Waals surface area contributed by atoms with Gasteiger partial charge in [0.15, 0.2) is 12.4 Å². The SMILES string of the molecule is CC=CC[C@@H](C)C(OC(=O)OCOC(=O)[C@@H](N)CC(=O)OCC(=O)[C@@]1(O)CCC2C3CCC4=CC(=O)C=C[C@]4(C)C3[C@@H](O)C[C@@]21C)C1C(=O)NC(CC)C(=O)N(C)CC(=O)N(C)[C@@H](CC(C)C)C(=O)NC(C(C)C)C(=O)N(C)C(CC(C)C)C(=O)NC(C)C(=O)NC(C)C(=O)N(C)C(CC(C)C)C(=O)N(C)C(CC(C)C)C(=O)N(C)C(C(C)C)C(=O)N1C. The second kappa shape index (κ2) is 44.6. The zero-order valence-corrected chi connectivity index (χ0v) is 77.5. The first-order chi connectivity index (χ1) is 57.1. The number of amides is 11. The standard InChI is InChI=1S/C89H144N12O22/c1-27-29-30-53(15)74(123-86(118)122-46-121-85(117)60(90)42-69(106)120-45-67(104)89(119)36-34-59-58-32-31-56-41-57(102)33-35-87(56,18)70(58)66(103)43-88(59,89)19)73-78(110)93-61(28-2)80(112)95(20)44-68(105)96(21)62(37-47(3)4)77(109)94-71(51(11)12)83(115)97(22)63(38-48(5)6)76(108)91-54(16)75(107)92-55(17)79(111)98(23)64(39-49(7)8)81(113)99(24)65(40-50(9)10)82(114)100(25)72(52(13)14)84(116)101(73)26/h27,29,33,35,41,47-55,58-66,70-74,103,119H,28,30-32,34,36-40,42-46,90H2,1-26H3,(H,91,108)(H,92,107)(H,93,110)(H,94,109)/t53-,54?,55?,58?,59?,60+,61?,62+,63?,64?,65?,66+,70?,71?,72?,73?,74?,87+,88+,89+/m1/s1. The van der Waals surface area contributed by atoms with Gasteiger partial charge in [-0.15, -0.1) is 0 Å². The van der Waals surface area contributed by atoms with Crippen LogP contribution in [0.25, 0.3) is 0 Å². The Labute approximate surface area is 726 Å². The van der Waals surface area contributed by atoms with E-state index >= 15 is 19.2 Å². The number of fused-ring (bicyclic) bond motifs is 5. The summed E-state index contributed by atoms with van der Waals surface area (Å²) in [5.74, 6) is -15.9. The van der Waals surface area contributed by atoms with E-state index in [0.717, 1.165) is 25.2 Å². The summed E-state index contributed by atoms with van der Waals surface area (Å²) >= 11 is 0. The molecule has 123 heavy (non-hydrogen) atoms. The number of aliphatic hydroxyl groups excluding tert-OH is 1. The van der Waals surface area contributed by atoms with Gasteiger partial charge in [0.2, 0.25) is 77.6 Å². The van der Waals surface area contributed by atoms with Crippen molar-refractivity contribution in [2.24, 2.45) is 75.7 Å². The first-order valence-corrected chi connectivity index (χ1v) is 43.6. The van der Waals surface area contributed by atoms with Crippen molar-refractivity contribution in [1.29, 1.82) is 0 Å². The molecular weight excluding hydrogens is 1590 g/mol. The van der Waals surface area contributed by atoms with Crippen LogP contribution in [0.1, 0.15) is 209 Å². The van der Waals surface area contributed by atoms with Crippen LogP contribution in [-0.4, -0.2) is 293 Å². The number of likely N-dealkylation sites (N-methyl/N-ethyl adjacent to an activating group) is 7. The number of nitrogens with zero attached hydrogens (tertiary/aromatic N) is 7. The van der Waals surface area contributed by atoms with E-state index in [1.165, 1.54) is 84.0 Å². The van der Waals surface area contributed by atoms with E-state index in [1.807, 2.05) is 68.4 Å². The first-order valence-electron chi connectivity index (χ1n) is 43.6.